The lowest BCUT2D eigenvalue weighted by Crippen LogP contribution is -2.52. The highest BCUT2D eigenvalue weighted by molar-refractivity contribution is 5.94. The number of ketones is 1. The number of carbonyl (C=O) groups is 4. The lowest BCUT2D eigenvalue weighted by atomic mass is 9.95. The van der Waals surface area contributed by atoms with E-state index in [1.54, 1.807) is 13.8 Å². The fourth-order valence-electron chi connectivity index (χ4n) is 4.59. The number of ether oxygens (including phenoxy) is 1. The molecule has 3 atom stereocenters. The van der Waals surface area contributed by atoms with Gasteiger partial charge in [-0.05, 0) is 57.8 Å². The average molecular weight is 492 g/mol. The summed E-state index contributed by atoms with van der Waals surface area (Å²) in [5.74, 6) is -2.88. The van der Waals surface area contributed by atoms with Crippen LogP contribution >= 0.6 is 0 Å². The molecule has 0 aromatic carbocycles. The van der Waals surface area contributed by atoms with Crippen LogP contribution in [0, 0.1) is 11.3 Å². The molecule has 192 valence electrons. The molecule has 0 aromatic rings. The topological polar surface area (TPSA) is 125 Å². The number of likely N-dealkylation sites (tertiary alicyclic amines) is 1. The molecule has 1 saturated carbocycles. The molecule has 3 rings (SSSR count). The number of alkyl halides is 3. The van der Waals surface area contributed by atoms with E-state index in [-0.39, 0.29) is 36.5 Å². The van der Waals surface area contributed by atoms with Crippen molar-refractivity contribution in [2.75, 3.05) is 19.7 Å². The summed E-state index contributed by atoms with van der Waals surface area (Å²) in [5.41, 5.74) is -1.21. The highest BCUT2D eigenvalue weighted by Gasteiger charge is 2.55. The molecule has 3 amide bonds. The third-order valence-corrected chi connectivity index (χ3v) is 6.81. The van der Waals surface area contributed by atoms with E-state index in [9.17, 15) is 37.5 Å². The lowest BCUT2D eigenvalue weighted by molar-refractivity contribution is -0.321. The van der Waals surface area contributed by atoms with E-state index in [0.717, 1.165) is 12.8 Å². The summed E-state index contributed by atoms with van der Waals surface area (Å²) in [6, 6.07) is -2.22. The van der Waals surface area contributed by atoms with Crippen molar-refractivity contribution in [1.82, 2.24) is 15.5 Å². The van der Waals surface area contributed by atoms with Crippen molar-refractivity contribution in [2.24, 2.45) is 11.3 Å². The van der Waals surface area contributed by atoms with E-state index in [4.69, 9.17) is 0 Å². The molecular formula is C22H32F3N3O6. The van der Waals surface area contributed by atoms with Gasteiger partial charge in [0.15, 0.2) is 5.78 Å². The van der Waals surface area contributed by atoms with Gasteiger partial charge in [-0.25, -0.2) is 0 Å². The Hall–Kier alpha value is -2.21. The summed E-state index contributed by atoms with van der Waals surface area (Å²) in [6.45, 7) is 2.64. The second kappa shape index (κ2) is 9.80. The number of rotatable bonds is 10. The minimum absolute atomic E-state index is 0.0351. The average Bonchev–Trinajstić information content (AvgIpc) is 3.18. The third kappa shape index (κ3) is 7.14. The molecule has 0 bridgehead atoms. The van der Waals surface area contributed by atoms with Crippen molar-refractivity contribution >= 4 is 23.5 Å². The highest BCUT2D eigenvalue weighted by atomic mass is 19.4. The second-order valence-corrected chi connectivity index (χ2v) is 10.3. The fraction of sp³-hybridized carbons (Fsp3) is 0.818. The van der Waals surface area contributed by atoms with E-state index >= 15 is 0 Å². The molecular weight excluding hydrogens is 459 g/mol. The summed E-state index contributed by atoms with van der Waals surface area (Å²) in [7, 11) is 0. The molecule has 2 heterocycles. The molecule has 12 heteroatoms. The van der Waals surface area contributed by atoms with Crippen molar-refractivity contribution in [3.63, 3.8) is 0 Å². The number of halogens is 3. The zero-order chi connectivity index (χ0) is 25.3. The van der Waals surface area contributed by atoms with E-state index in [0.29, 0.717) is 25.9 Å². The maximum atomic E-state index is 13.2. The maximum Gasteiger partial charge on any atom is 0.522 e. The van der Waals surface area contributed by atoms with Crippen LogP contribution in [-0.4, -0.2) is 77.3 Å². The van der Waals surface area contributed by atoms with Gasteiger partial charge in [-0.2, -0.15) is 0 Å². The normalized spacial score (nSPS) is 24.8. The minimum atomic E-state index is -5.01. The van der Waals surface area contributed by atoms with Crippen LogP contribution in [0.25, 0.3) is 0 Å². The van der Waals surface area contributed by atoms with E-state index < -0.39 is 48.3 Å². The lowest BCUT2D eigenvalue weighted by Gasteiger charge is -2.28. The Kier molecular flexibility index (Phi) is 7.61. The molecule has 9 nitrogen and oxygen atoms in total. The van der Waals surface area contributed by atoms with Crippen LogP contribution in [0.4, 0.5) is 13.2 Å². The first-order chi connectivity index (χ1) is 15.7. The number of hydrogen-bond acceptors (Lipinski definition) is 6. The van der Waals surface area contributed by atoms with Gasteiger partial charge in [0, 0.05) is 25.4 Å². The molecule has 2 saturated heterocycles. The number of amides is 3. The van der Waals surface area contributed by atoms with Gasteiger partial charge >= 0.3 is 6.36 Å². The predicted octanol–water partition coefficient (Wildman–Crippen LogP) is 1.04. The Bertz CT molecular complexity index is 822. The number of carbonyl (C=O) groups excluding carboxylic acids is 4. The van der Waals surface area contributed by atoms with E-state index in [1.165, 1.54) is 4.90 Å². The Balaban J connectivity index is 1.70. The minimum Gasteiger partial charge on any atom is -0.390 e. The second-order valence-electron chi connectivity index (χ2n) is 10.3. The number of hydrogen-bond donors (Lipinski definition) is 3. The molecule has 2 aliphatic heterocycles. The molecule has 0 aromatic heterocycles. The van der Waals surface area contributed by atoms with Crippen molar-refractivity contribution in [3.8, 4) is 0 Å². The summed E-state index contributed by atoms with van der Waals surface area (Å²) < 4.78 is 41.0. The molecule has 0 unspecified atom stereocenters. The molecule has 1 aliphatic carbocycles. The van der Waals surface area contributed by atoms with Crippen LogP contribution in [0.3, 0.4) is 0 Å². The largest absolute Gasteiger partial charge is 0.522 e. The van der Waals surface area contributed by atoms with Crippen LogP contribution < -0.4 is 10.6 Å². The molecule has 0 radical (unpaired) electrons. The van der Waals surface area contributed by atoms with Crippen LogP contribution in [0.2, 0.25) is 0 Å². The van der Waals surface area contributed by atoms with Crippen molar-refractivity contribution < 1.29 is 42.2 Å². The van der Waals surface area contributed by atoms with Crippen LogP contribution in [0.1, 0.15) is 58.8 Å². The van der Waals surface area contributed by atoms with Crippen molar-refractivity contribution in [2.45, 2.75) is 82.8 Å². The third-order valence-electron chi connectivity index (χ3n) is 6.81. The first kappa shape index (κ1) is 26.4. The number of aliphatic hydroxyl groups is 1. The Morgan fingerprint density at radius 3 is 2.50 bits per heavy atom. The number of Topliss-reactive ketones (excluding diaryl/α,β-unsaturated/α-hetero) is 1. The summed E-state index contributed by atoms with van der Waals surface area (Å²) in [6.07, 6.45) is -2.41. The molecule has 3 aliphatic rings. The van der Waals surface area contributed by atoms with Crippen LogP contribution in [0.5, 0.6) is 0 Å². The van der Waals surface area contributed by atoms with E-state index in [1.807, 2.05) is 0 Å². The van der Waals surface area contributed by atoms with E-state index in [2.05, 4.69) is 15.4 Å². The zero-order valence-corrected chi connectivity index (χ0v) is 19.4. The maximum absolute atomic E-state index is 13.2. The quantitative estimate of drug-likeness (QED) is 0.419. The van der Waals surface area contributed by atoms with Gasteiger partial charge in [0.25, 0.3) is 0 Å². The first-order valence-corrected chi connectivity index (χ1v) is 11.5. The Morgan fingerprint density at radius 2 is 1.97 bits per heavy atom. The Labute approximate surface area is 195 Å². The number of nitrogens with one attached hydrogen (secondary N) is 2. The van der Waals surface area contributed by atoms with Crippen LogP contribution in [0.15, 0.2) is 0 Å². The Morgan fingerprint density at radius 1 is 1.29 bits per heavy atom. The van der Waals surface area contributed by atoms with Gasteiger partial charge in [-0.3, -0.25) is 23.9 Å². The van der Waals surface area contributed by atoms with Crippen molar-refractivity contribution in [3.05, 3.63) is 0 Å². The SMILES string of the molecule is CC(C)(O)CCC(=O)N1CC2(CC2)C[C@H]1C(=O)N[C@@H](C[C@@H]1CCNC1=O)C(=O)COC(F)(F)F. The molecule has 34 heavy (non-hydrogen) atoms. The smallest absolute Gasteiger partial charge is 0.390 e. The fourth-order valence-corrected chi connectivity index (χ4v) is 4.59. The molecule has 3 N–H and O–H groups in total. The highest BCUT2D eigenvalue weighted by Crippen LogP contribution is 2.55. The molecule has 3 fully saturated rings. The first-order valence-electron chi connectivity index (χ1n) is 11.5. The van der Waals surface area contributed by atoms with Crippen LogP contribution in [-0.2, 0) is 23.9 Å². The standard InChI is InChI=1S/C22H32F3N3O6/c1-20(2,33)5-3-17(30)28-12-21(6-7-21)10-15(28)19(32)27-14(9-13-4-8-26-18(13)31)16(29)11-34-22(23,24)25/h13-15,33H,3-12H2,1-2H3,(H,26,31)(H,27,32)/t13-,14-,15-/m0/s1. The van der Waals surface area contributed by atoms with Gasteiger partial charge < -0.3 is 20.6 Å². The summed E-state index contributed by atoms with van der Waals surface area (Å²) in [4.78, 5) is 52.0. The molecule has 1 spiro atoms. The summed E-state index contributed by atoms with van der Waals surface area (Å²) >= 11 is 0. The zero-order valence-electron chi connectivity index (χ0n) is 19.4. The van der Waals surface area contributed by atoms with Gasteiger partial charge in [0.2, 0.25) is 17.7 Å². The summed E-state index contributed by atoms with van der Waals surface area (Å²) in [5, 5.41) is 15.0. The predicted molar refractivity (Wildman–Crippen MR) is 112 cm³/mol. The number of nitrogens with zero attached hydrogens (tertiary/aromatic N) is 1. The van der Waals surface area contributed by atoms with Crippen molar-refractivity contribution in [1.29, 1.82) is 0 Å². The van der Waals surface area contributed by atoms with Gasteiger partial charge in [0.05, 0.1) is 11.6 Å². The van der Waals surface area contributed by atoms with Gasteiger partial charge in [0.1, 0.15) is 12.6 Å². The monoisotopic (exact) mass is 491 g/mol. The van der Waals surface area contributed by atoms with Gasteiger partial charge in [-0.15, -0.1) is 13.2 Å². The van der Waals surface area contributed by atoms with Gasteiger partial charge in [-0.1, -0.05) is 0 Å².